The summed E-state index contributed by atoms with van der Waals surface area (Å²) in [5.41, 5.74) is 2.67. The van der Waals surface area contributed by atoms with Crippen LogP contribution in [0.2, 0.25) is 5.02 Å². The van der Waals surface area contributed by atoms with Gasteiger partial charge in [-0.1, -0.05) is 23.7 Å². The molecule has 0 amide bonds. The van der Waals surface area contributed by atoms with Crippen LogP contribution in [0.3, 0.4) is 0 Å². The molecule has 1 aromatic carbocycles. The molecule has 0 aliphatic rings. The predicted molar refractivity (Wildman–Crippen MR) is 67.8 cm³/mol. The topological polar surface area (TPSA) is 38.7 Å². The smallest absolute Gasteiger partial charge is 0.116 e. The second-order valence-corrected chi connectivity index (χ2v) is 4.04. The van der Waals surface area contributed by atoms with Crippen molar-refractivity contribution in [2.75, 3.05) is 0 Å². The van der Waals surface area contributed by atoms with Crippen LogP contribution in [0.25, 0.3) is 22.2 Å². The molecule has 0 bridgehead atoms. The molecular formula is C13H8ClN3. The molecule has 0 fully saturated rings. The number of nitrogens with zero attached hydrogens (tertiary/aromatic N) is 3. The van der Waals surface area contributed by atoms with Crippen LogP contribution < -0.4 is 0 Å². The largest absolute Gasteiger partial charge is 0.256 e. The van der Waals surface area contributed by atoms with Crippen molar-refractivity contribution in [3.8, 4) is 11.3 Å². The van der Waals surface area contributed by atoms with Crippen LogP contribution in [0.4, 0.5) is 0 Å². The zero-order chi connectivity index (χ0) is 11.7. The van der Waals surface area contributed by atoms with Gasteiger partial charge in [0.2, 0.25) is 0 Å². The molecule has 3 nitrogen and oxygen atoms in total. The number of rotatable bonds is 1. The van der Waals surface area contributed by atoms with Gasteiger partial charge >= 0.3 is 0 Å². The average Bonchev–Trinajstić information content (AvgIpc) is 2.39. The third-order valence-corrected chi connectivity index (χ3v) is 2.82. The molecule has 0 spiro atoms. The summed E-state index contributed by atoms with van der Waals surface area (Å²) in [6.07, 6.45) is 4.87. The molecule has 0 saturated heterocycles. The van der Waals surface area contributed by atoms with Gasteiger partial charge in [-0.15, -0.1) is 0 Å². The number of halogens is 1. The van der Waals surface area contributed by atoms with Crippen molar-refractivity contribution < 1.29 is 0 Å². The maximum atomic E-state index is 6.07. The first-order valence-electron chi connectivity index (χ1n) is 5.15. The number of aromatic nitrogens is 3. The van der Waals surface area contributed by atoms with E-state index in [1.165, 1.54) is 6.33 Å². The van der Waals surface area contributed by atoms with Gasteiger partial charge in [0, 0.05) is 23.3 Å². The molecule has 0 radical (unpaired) electrons. The Morgan fingerprint density at radius 1 is 1.06 bits per heavy atom. The van der Waals surface area contributed by atoms with Gasteiger partial charge in [-0.25, -0.2) is 9.97 Å². The summed E-state index contributed by atoms with van der Waals surface area (Å²) >= 11 is 6.07. The SMILES string of the molecule is Clc1cncnc1-c1ccc2ncccc2c1. The fourth-order valence-electron chi connectivity index (χ4n) is 1.75. The maximum absolute atomic E-state index is 6.07. The minimum absolute atomic E-state index is 0.552. The summed E-state index contributed by atoms with van der Waals surface area (Å²) in [7, 11) is 0. The Balaban J connectivity index is 2.22. The van der Waals surface area contributed by atoms with Crippen LogP contribution >= 0.6 is 11.6 Å². The first kappa shape index (κ1) is 10.2. The highest BCUT2D eigenvalue weighted by molar-refractivity contribution is 6.32. The summed E-state index contributed by atoms with van der Waals surface area (Å²) in [4.78, 5) is 12.3. The molecule has 17 heavy (non-hydrogen) atoms. The molecular weight excluding hydrogens is 234 g/mol. The third-order valence-electron chi connectivity index (χ3n) is 2.54. The van der Waals surface area contributed by atoms with Gasteiger partial charge in [0.15, 0.2) is 0 Å². The molecule has 2 aromatic heterocycles. The van der Waals surface area contributed by atoms with E-state index < -0.39 is 0 Å². The van der Waals surface area contributed by atoms with Crippen LogP contribution in [0.5, 0.6) is 0 Å². The van der Waals surface area contributed by atoms with E-state index in [2.05, 4.69) is 15.0 Å². The van der Waals surface area contributed by atoms with Crippen molar-refractivity contribution in [2.24, 2.45) is 0 Å². The highest BCUT2D eigenvalue weighted by Gasteiger charge is 2.05. The molecule has 2 heterocycles. The van der Waals surface area contributed by atoms with Crippen molar-refractivity contribution in [3.63, 3.8) is 0 Å². The number of fused-ring (bicyclic) bond motifs is 1. The van der Waals surface area contributed by atoms with Crippen molar-refractivity contribution >= 4 is 22.5 Å². The molecule has 82 valence electrons. The highest BCUT2D eigenvalue weighted by atomic mass is 35.5. The second kappa shape index (κ2) is 4.11. The Morgan fingerprint density at radius 3 is 2.88 bits per heavy atom. The van der Waals surface area contributed by atoms with Gasteiger partial charge in [-0.2, -0.15) is 0 Å². The van der Waals surface area contributed by atoms with Crippen LogP contribution in [-0.4, -0.2) is 15.0 Å². The Morgan fingerprint density at radius 2 is 2.00 bits per heavy atom. The van der Waals surface area contributed by atoms with E-state index in [1.807, 2.05) is 30.3 Å². The number of hydrogen-bond acceptors (Lipinski definition) is 3. The lowest BCUT2D eigenvalue weighted by molar-refractivity contribution is 1.17. The molecule has 0 unspecified atom stereocenters. The van der Waals surface area contributed by atoms with E-state index >= 15 is 0 Å². The normalized spacial score (nSPS) is 10.6. The zero-order valence-electron chi connectivity index (χ0n) is 8.84. The lowest BCUT2D eigenvalue weighted by atomic mass is 10.1. The van der Waals surface area contributed by atoms with Gasteiger partial charge < -0.3 is 0 Å². The van der Waals surface area contributed by atoms with Gasteiger partial charge in [0.05, 0.1) is 16.2 Å². The monoisotopic (exact) mass is 241 g/mol. The predicted octanol–water partition coefficient (Wildman–Crippen LogP) is 3.35. The third kappa shape index (κ3) is 1.85. The lowest BCUT2D eigenvalue weighted by Gasteiger charge is -2.03. The first-order valence-corrected chi connectivity index (χ1v) is 5.53. The molecule has 0 atom stereocenters. The fraction of sp³-hybridized carbons (Fsp3) is 0. The molecule has 3 rings (SSSR count). The van der Waals surface area contributed by atoms with E-state index in [-0.39, 0.29) is 0 Å². The molecule has 0 saturated carbocycles. The van der Waals surface area contributed by atoms with E-state index in [0.717, 1.165) is 22.2 Å². The van der Waals surface area contributed by atoms with E-state index in [0.29, 0.717) is 5.02 Å². The quantitative estimate of drug-likeness (QED) is 0.656. The number of benzene rings is 1. The summed E-state index contributed by atoms with van der Waals surface area (Å²) < 4.78 is 0. The van der Waals surface area contributed by atoms with Gasteiger partial charge in [-0.3, -0.25) is 4.98 Å². The summed E-state index contributed by atoms with van der Waals surface area (Å²) in [5, 5.41) is 1.62. The minimum Gasteiger partial charge on any atom is -0.256 e. The molecule has 0 N–H and O–H groups in total. The van der Waals surface area contributed by atoms with Crippen LogP contribution in [-0.2, 0) is 0 Å². The zero-order valence-corrected chi connectivity index (χ0v) is 9.59. The van der Waals surface area contributed by atoms with Crippen molar-refractivity contribution in [1.82, 2.24) is 15.0 Å². The summed E-state index contributed by atoms with van der Waals surface area (Å²) in [6.45, 7) is 0. The summed E-state index contributed by atoms with van der Waals surface area (Å²) in [6, 6.07) is 9.87. The van der Waals surface area contributed by atoms with Crippen LogP contribution in [0, 0.1) is 0 Å². The molecule has 0 aliphatic carbocycles. The van der Waals surface area contributed by atoms with Gasteiger partial charge in [0.25, 0.3) is 0 Å². The maximum Gasteiger partial charge on any atom is 0.116 e. The Bertz CT molecular complexity index is 682. The second-order valence-electron chi connectivity index (χ2n) is 3.63. The lowest BCUT2D eigenvalue weighted by Crippen LogP contribution is -1.87. The Hall–Kier alpha value is -2.00. The number of hydrogen-bond donors (Lipinski definition) is 0. The van der Waals surface area contributed by atoms with Crippen LogP contribution in [0.15, 0.2) is 49.1 Å². The number of pyridine rings is 1. The summed E-state index contributed by atoms with van der Waals surface area (Å²) in [5.74, 6) is 0. The Labute approximate surface area is 103 Å². The van der Waals surface area contributed by atoms with Crippen molar-refractivity contribution in [2.45, 2.75) is 0 Å². The van der Waals surface area contributed by atoms with E-state index in [1.54, 1.807) is 12.4 Å². The molecule has 3 aromatic rings. The van der Waals surface area contributed by atoms with Crippen molar-refractivity contribution in [3.05, 3.63) is 54.1 Å². The molecule has 4 heteroatoms. The van der Waals surface area contributed by atoms with Crippen molar-refractivity contribution in [1.29, 1.82) is 0 Å². The van der Waals surface area contributed by atoms with E-state index in [4.69, 9.17) is 11.6 Å². The standard InChI is InChI=1S/C13H8ClN3/c14-11-7-15-8-17-13(11)10-3-4-12-9(6-10)2-1-5-16-12/h1-8H. The van der Waals surface area contributed by atoms with Gasteiger partial charge in [-0.05, 0) is 18.2 Å². The van der Waals surface area contributed by atoms with Crippen LogP contribution in [0.1, 0.15) is 0 Å². The fourth-order valence-corrected chi connectivity index (χ4v) is 1.96. The highest BCUT2D eigenvalue weighted by Crippen LogP contribution is 2.26. The van der Waals surface area contributed by atoms with Gasteiger partial charge in [0.1, 0.15) is 6.33 Å². The van der Waals surface area contributed by atoms with E-state index in [9.17, 15) is 0 Å². The molecule has 0 aliphatic heterocycles. The first-order chi connectivity index (χ1) is 8.34. The minimum atomic E-state index is 0.552. The Kier molecular flexibility index (Phi) is 2.46. The average molecular weight is 242 g/mol.